The van der Waals surface area contributed by atoms with Gasteiger partial charge in [0.15, 0.2) is 0 Å². The maximum Gasteiger partial charge on any atom is 0.130 e. The second-order valence-corrected chi connectivity index (χ2v) is 5.97. The normalized spacial score (nSPS) is 13.3. The number of hydrogen-bond acceptors (Lipinski definition) is 1. The van der Waals surface area contributed by atoms with Crippen LogP contribution in [0.3, 0.4) is 0 Å². The molecule has 0 spiro atoms. The highest BCUT2D eigenvalue weighted by molar-refractivity contribution is 5.28. The van der Waals surface area contributed by atoms with Gasteiger partial charge in [0.25, 0.3) is 0 Å². The van der Waals surface area contributed by atoms with Crippen molar-refractivity contribution in [3.63, 3.8) is 0 Å². The van der Waals surface area contributed by atoms with E-state index in [1.807, 2.05) is 13.8 Å². The summed E-state index contributed by atoms with van der Waals surface area (Å²) in [5.74, 6) is -0.362. The molecule has 1 aromatic rings. The zero-order chi connectivity index (χ0) is 14.6. The maximum atomic E-state index is 14.0. The highest BCUT2D eigenvalue weighted by atomic mass is 19.1. The van der Waals surface area contributed by atoms with Crippen LogP contribution < -0.4 is 5.32 Å². The Morgan fingerprint density at radius 1 is 1.00 bits per heavy atom. The van der Waals surface area contributed by atoms with Gasteiger partial charge in [-0.3, -0.25) is 0 Å². The van der Waals surface area contributed by atoms with Crippen molar-refractivity contribution in [2.24, 2.45) is 5.92 Å². The van der Waals surface area contributed by atoms with Gasteiger partial charge in [0.05, 0.1) is 0 Å². The van der Waals surface area contributed by atoms with Crippen LogP contribution in [0.4, 0.5) is 8.78 Å². The Bertz CT molecular complexity index is 413. The highest BCUT2D eigenvalue weighted by Gasteiger charge is 2.18. The van der Waals surface area contributed by atoms with E-state index in [9.17, 15) is 8.78 Å². The van der Waals surface area contributed by atoms with Crippen molar-refractivity contribution in [3.05, 3.63) is 34.9 Å². The molecule has 1 unspecified atom stereocenters. The smallest absolute Gasteiger partial charge is 0.130 e. The third-order valence-electron chi connectivity index (χ3n) is 3.22. The van der Waals surface area contributed by atoms with Crippen molar-refractivity contribution in [1.29, 1.82) is 0 Å². The van der Waals surface area contributed by atoms with E-state index in [4.69, 9.17) is 0 Å². The van der Waals surface area contributed by atoms with Gasteiger partial charge in [0.2, 0.25) is 0 Å². The first kappa shape index (κ1) is 16.1. The van der Waals surface area contributed by atoms with E-state index in [0.717, 1.165) is 18.9 Å². The second-order valence-electron chi connectivity index (χ2n) is 5.97. The molecule has 0 aliphatic rings. The fourth-order valence-electron chi connectivity index (χ4n) is 2.18. The summed E-state index contributed by atoms with van der Waals surface area (Å²) in [6.07, 6.45) is 1.87. The zero-order valence-corrected chi connectivity index (χ0v) is 12.6. The van der Waals surface area contributed by atoms with E-state index in [-0.39, 0.29) is 12.1 Å². The van der Waals surface area contributed by atoms with Gasteiger partial charge < -0.3 is 5.32 Å². The van der Waals surface area contributed by atoms with E-state index in [1.54, 1.807) is 13.0 Å². The summed E-state index contributed by atoms with van der Waals surface area (Å²) < 4.78 is 27.3. The average Bonchev–Trinajstić information content (AvgIpc) is 2.29. The van der Waals surface area contributed by atoms with Crippen LogP contribution in [0.2, 0.25) is 0 Å². The van der Waals surface area contributed by atoms with Crippen LogP contribution in [-0.4, -0.2) is 6.04 Å². The Morgan fingerprint density at radius 3 is 2.16 bits per heavy atom. The van der Waals surface area contributed by atoms with Crippen LogP contribution in [0.15, 0.2) is 12.1 Å². The summed E-state index contributed by atoms with van der Waals surface area (Å²) in [7, 11) is 0. The van der Waals surface area contributed by atoms with Gasteiger partial charge in [-0.05, 0) is 37.3 Å². The molecule has 1 rings (SSSR count). The Balaban J connectivity index is 2.99. The predicted octanol–water partition coefficient (Wildman–Crippen LogP) is 4.75. The van der Waals surface area contributed by atoms with E-state index in [2.05, 4.69) is 19.2 Å². The number of rotatable bonds is 6. The summed E-state index contributed by atoms with van der Waals surface area (Å²) in [4.78, 5) is 0. The van der Waals surface area contributed by atoms with E-state index < -0.39 is 11.6 Å². The minimum absolute atomic E-state index is 0.0540. The molecule has 19 heavy (non-hydrogen) atoms. The second kappa shape index (κ2) is 6.99. The van der Waals surface area contributed by atoms with Crippen molar-refractivity contribution >= 4 is 0 Å². The zero-order valence-electron chi connectivity index (χ0n) is 12.6. The van der Waals surface area contributed by atoms with Gasteiger partial charge >= 0.3 is 0 Å². The summed E-state index contributed by atoms with van der Waals surface area (Å²) in [5.41, 5.74) is 1.07. The van der Waals surface area contributed by atoms with Crippen LogP contribution in [0.5, 0.6) is 0 Å². The first-order valence-corrected chi connectivity index (χ1v) is 7.02. The molecular formula is C16H25F2N. The topological polar surface area (TPSA) is 12.0 Å². The molecule has 1 atom stereocenters. The van der Waals surface area contributed by atoms with E-state index in [0.29, 0.717) is 17.0 Å². The molecule has 108 valence electrons. The molecule has 0 amide bonds. The number of benzene rings is 1. The van der Waals surface area contributed by atoms with Crippen molar-refractivity contribution in [2.45, 2.75) is 59.5 Å². The minimum Gasteiger partial charge on any atom is -0.308 e. The van der Waals surface area contributed by atoms with Crippen molar-refractivity contribution in [1.82, 2.24) is 5.32 Å². The van der Waals surface area contributed by atoms with Crippen LogP contribution in [0, 0.1) is 24.5 Å². The average molecular weight is 269 g/mol. The molecule has 1 nitrogen and oxygen atoms in total. The van der Waals surface area contributed by atoms with Crippen LogP contribution in [-0.2, 0) is 0 Å². The van der Waals surface area contributed by atoms with Gasteiger partial charge in [-0.2, -0.15) is 0 Å². The quantitative estimate of drug-likeness (QED) is 0.786. The van der Waals surface area contributed by atoms with Gasteiger partial charge in [0.1, 0.15) is 11.6 Å². The van der Waals surface area contributed by atoms with Gasteiger partial charge in [-0.1, -0.05) is 27.7 Å². The first-order chi connectivity index (χ1) is 8.81. The lowest BCUT2D eigenvalue weighted by atomic mass is 9.95. The SMILES string of the molecule is Cc1cc(C(CCC(C)C)NC(C)C)c(F)cc1F. The molecule has 0 saturated heterocycles. The van der Waals surface area contributed by atoms with Gasteiger partial charge in [-0.25, -0.2) is 8.78 Å². The maximum absolute atomic E-state index is 14.0. The molecule has 0 bridgehead atoms. The standard InChI is InChI=1S/C16H25F2N/c1-10(2)6-7-16(19-11(3)4)13-8-12(5)14(17)9-15(13)18/h8-11,16,19H,6-7H2,1-5H3. The van der Waals surface area contributed by atoms with Gasteiger partial charge in [0, 0.05) is 23.7 Å². The Labute approximate surface area is 115 Å². The molecule has 0 aliphatic carbocycles. The molecule has 0 saturated carbocycles. The Morgan fingerprint density at radius 2 is 1.63 bits per heavy atom. The number of halogens is 2. The Kier molecular flexibility index (Phi) is 5.92. The summed E-state index contributed by atoms with van der Waals surface area (Å²) in [6.45, 7) is 10.1. The van der Waals surface area contributed by atoms with Crippen molar-refractivity contribution < 1.29 is 8.78 Å². The molecule has 0 radical (unpaired) electrons. The fourth-order valence-corrected chi connectivity index (χ4v) is 2.18. The van der Waals surface area contributed by atoms with E-state index >= 15 is 0 Å². The summed E-state index contributed by atoms with van der Waals surface area (Å²) in [5, 5.41) is 3.38. The molecule has 3 heteroatoms. The third kappa shape index (κ3) is 4.90. The van der Waals surface area contributed by atoms with Crippen LogP contribution in [0.25, 0.3) is 0 Å². The minimum atomic E-state index is -0.478. The first-order valence-electron chi connectivity index (χ1n) is 7.02. The summed E-state index contributed by atoms with van der Waals surface area (Å²) >= 11 is 0. The van der Waals surface area contributed by atoms with Crippen molar-refractivity contribution in [2.75, 3.05) is 0 Å². The lowest BCUT2D eigenvalue weighted by molar-refractivity contribution is 0.399. The predicted molar refractivity (Wildman–Crippen MR) is 76.2 cm³/mol. The fraction of sp³-hybridized carbons (Fsp3) is 0.625. The van der Waals surface area contributed by atoms with Crippen LogP contribution in [0.1, 0.15) is 57.7 Å². The van der Waals surface area contributed by atoms with E-state index in [1.165, 1.54) is 0 Å². The lowest BCUT2D eigenvalue weighted by Crippen LogP contribution is -2.29. The molecular weight excluding hydrogens is 244 g/mol. The molecule has 0 aromatic heterocycles. The summed E-state index contributed by atoms with van der Waals surface area (Å²) in [6, 6.07) is 2.84. The van der Waals surface area contributed by atoms with Crippen molar-refractivity contribution in [3.8, 4) is 0 Å². The lowest BCUT2D eigenvalue weighted by Gasteiger charge is -2.23. The highest BCUT2D eigenvalue weighted by Crippen LogP contribution is 2.26. The van der Waals surface area contributed by atoms with Gasteiger partial charge in [-0.15, -0.1) is 0 Å². The molecule has 0 aliphatic heterocycles. The Hall–Kier alpha value is -0.960. The third-order valence-corrected chi connectivity index (χ3v) is 3.22. The number of nitrogens with one attached hydrogen (secondary N) is 1. The molecule has 0 heterocycles. The number of hydrogen-bond donors (Lipinski definition) is 1. The molecule has 0 fully saturated rings. The number of aryl methyl sites for hydroxylation is 1. The van der Waals surface area contributed by atoms with Crippen LogP contribution >= 0.6 is 0 Å². The monoisotopic (exact) mass is 269 g/mol. The largest absolute Gasteiger partial charge is 0.308 e. The molecule has 1 N–H and O–H groups in total. The molecule has 1 aromatic carbocycles.